The number of hydrogen-bond donors (Lipinski definition) is 1. The Bertz CT molecular complexity index is 715. The lowest BCUT2D eigenvalue weighted by molar-refractivity contribution is 0.0682. The number of carboxylic acids is 1. The molecule has 1 aromatic carbocycles. The average molecular weight is 351 g/mol. The molecule has 0 aliphatic heterocycles. The first kappa shape index (κ1) is 18.3. The van der Waals surface area contributed by atoms with E-state index < -0.39 is 5.97 Å². The summed E-state index contributed by atoms with van der Waals surface area (Å²) >= 11 is 6.14. The number of rotatable bonds is 7. The molecule has 0 saturated heterocycles. The molecule has 5 nitrogen and oxygen atoms in total. The number of aromatic carboxylic acids is 1. The summed E-state index contributed by atoms with van der Waals surface area (Å²) in [5.41, 5.74) is 2.97. The topological polar surface area (TPSA) is 64.4 Å². The van der Waals surface area contributed by atoms with Crippen molar-refractivity contribution in [1.29, 1.82) is 0 Å². The Morgan fingerprint density at radius 2 is 1.92 bits per heavy atom. The lowest BCUT2D eigenvalue weighted by atomic mass is 10.1. The van der Waals surface area contributed by atoms with E-state index in [-0.39, 0.29) is 11.6 Å². The van der Waals surface area contributed by atoms with Gasteiger partial charge in [0, 0.05) is 18.0 Å². The number of aromatic nitrogens is 2. The predicted molar refractivity (Wildman–Crippen MR) is 94.3 cm³/mol. The Balaban J connectivity index is 1.96. The molecule has 0 bridgehead atoms. The van der Waals surface area contributed by atoms with Crippen molar-refractivity contribution in [2.75, 3.05) is 6.61 Å². The van der Waals surface area contributed by atoms with E-state index in [1.807, 2.05) is 39.8 Å². The van der Waals surface area contributed by atoms with E-state index in [0.29, 0.717) is 19.6 Å². The largest absolute Gasteiger partial charge is 0.494 e. The fourth-order valence-electron chi connectivity index (χ4n) is 2.46. The second-order valence-electron chi connectivity index (χ2n) is 6.21. The Hall–Kier alpha value is -2.01. The highest BCUT2D eigenvalue weighted by Gasteiger charge is 2.15. The van der Waals surface area contributed by atoms with Crippen LogP contribution < -0.4 is 4.74 Å². The highest BCUT2D eigenvalue weighted by molar-refractivity contribution is 6.32. The smallest absolute Gasteiger partial charge is 0.354 e. The van der Waals surface area contributed by atoms with Gasteiger partial charge in [0.15, 0.2) is 0 Å². The van der Waals surface area contributed by atoms with E-state index in [0.717, 1.165) is 27.6 Å². The zero-order valence-corrected chi connectivity index (χ0v) is 15.2. The SMILES string of the molecule is Cc1cc(OCCCn2nc(C(C)C)cc2C(=O)O)cc(C)c1Cl. The van der Waals surface area contributed by atoms with Gasteiger partial charge < -0.3 is 9.84 Å². The number of carbonyl (C=O) groups is 1. The van der Waals surface area contributed by atoms with Gasteiger partial charge in [0.2, 0.25) is 0 Å². The molecular weight excluding hydrogens is 328 g/mol. The summed E-state index contributed by atoms with van der Waals surface area (Å²) in [6, 6.07) is 5.45. The predicted octanol–water partition coefficient (Wildman–Crippen LogP) is 4.44. The van der Waals surface area contributed by atoms with Crippen molar-refractivity contribution in [2.45, 2.75) is 46.6 Å². The molecule has 2 rings (SSSR count). The fraction of sp³-hybridized carbons (Fsp3) is 0.444. The lowest BCUT2D eigenvalue weighted by Crippen LogP contribution is -2.12. The van der Waals surface area contributed by atoms with Crippen LogP contribution in [0.4, 0.5) is 0 Å². The highest BCUT2D eigenvalue weighted by Crippen LogP contribution is 2.26. The fourth-order valence-corrected chi connectivity index (χ4v) is 2.56. The van der Waals surface area contributed by atoms with Crippen LogP contribution in [0.5, 0.6) is 5.75 Å². The van der Waals surface area contributed by atoms with Gasteiger partial charge in [-0.1, -0.05) is 25.4 Å². The third-order valence-electron chi connectivity index (χ3n) is 3.80. The van der Waals surface area contributed by atoms with Crippen LogP contribution in [0.1, 0.15) is 53.5 Å². The van der Waals surface area contributed by atoms with Gasteiger partial charge in [-0.3, -0.25) is 4.68 Å². The van der Waals surface area contributed by atoms with Gasteiger partial charge in [-0.15, -0.1) is 0 Å². The van der Waals surface area contributed by atoms with Crippen LogP contribution in [0.2, 0.25) is 5.02 Å². The average Bonchev–Trinajstić information content (AvgIpc) is 2.93. The number of aryl methyl sites for hydroxylation is 3. The van der Waals surface area contributed by atoms with Crippen LogP contribution in [0.25, 0.3) is 0 Å². The van der Waals surface area contributed by atoms with Crippen molar-refractivity contribution < 1.29 is 14.6 Å². The first-order valence-electron chi connectivity index (χ1n) is 8.00. The molecule has 1 aromatic heterocycles. The Kier molecular flexibility index (Phi) is 5.89. The van der Waals surface area contributed by atoms with Gasteiger partial charge in [-0.25, -0.2) is 4.79 Å². The van der Waals surface area contributed by atoms with Gasteiger partial charge in [-0.05, 0) is 49.1 Å². The molecule has 0 unspecified atom stereocenters. The van der Waals surface area contributed by atoms with Gasteiger partial charge >= 0.3 is 5.97 Å². The second kappa shape index (κ2) is 7.71. The van der Waals surface area contributed by atoms with Gasteiger partial charge in [0.1, 0.15) is 11.4 Å². The second-order valence-corrected chi connectivity index (χ2v) is 6.59. The van der Waals surface area contributed by atoms with Crippen LogP contribution in [0.15, 0.2) is 18.2 Å². The summed E-state index contributed by atoms with van der Waals surface area (Å²) in [5, 5.41) is 14.4. The van der Waals surface area contributed by atoms with E-state index >= 15 is 0 Å². The van der Waals surface area contributed by atoms with Crippen LogP contribution in [0.3, 0.4) is 0 Å². The molecule has 2 aromatic rings. The van der Waals surface area contributed by atoms with Crippen molar-refractivity contribution in [2.24, 2.45) is 0 Å². The molecule has 130 valence electrons. The number of nitrogens with zero attached hydrogens (tertiary/aromatic N) is 2. The molecule has 0 fully saturated rings. The minimum atomic E-state index is -0.959. The van der Waals surface area contributed by atoms with Gasteiger partial charge in [-0.2, -0.15) is 5.10 Å². The van der Waals surface area contributed by atoms with E-state index in [9.17, 15) is 9.90 Å². The Morgan fingerprint density at radius 1 is 1.29 bits per heavy atom. The van der Waals surface area contributed by atoms with Crippen LogP contribution >= 0.6 is 11.6 Å². The summed E-state index contributed by atoms with van der Waals surface area (Å²) < 4.78 is 7.29. The van der Waals surface area contributed by atoms with E-state index in [4.69, 9.17) is 16.3 Å². The quantitative estimate of drug-likeness (QED) is 0.749. The third-order valence-corrected chi connectivity index (χ3v) is 4.40. The molecule has 0 atom stereocenters. The van der Waals surface area contributed by atoms with Crippen molar-refractivity contribution in [3.8, 4) is 5.75 Å². The molecule has 1 heterocycles. The van der Waals surface area contributed by atoms with E-state index in [1.165, 1.54) is 0 Å². The van der Waals surface area contributed by atoms with Crippen LogP contribution in [-0.4, -0.2) is 27.5 Å². The van der Waals surface area contributed by atoms with Crippen molar-refractivity contribution in [1.82, 2.24) is 9.78 Å². The van der Waals surface area contributed by atoms with Crippen molar-refractivity contribution in [3.63, 3.8) is 0 Å². The van der Waals surface area contributed by atoms with E-state index in [2.05, 4.69) is 5.10 Å². The standard InChI is InChI=1S/C18H23ClN2O3/c1-11(2)15-10-16(18(22)23)21(20-15)6-5-7-24-14-8-12(3)17(19)13(4)9-14/h8-11H,5-7H2,1-4H3,(H,22,23). The molecule has 24 heavy (non-hydrogen) atoms. The van der Waals surface area contributed by atoms with Crippen LogP contribution in [-0.2, 0) is 6.54 Å². The van der Waals surface area contributed by atoms with E-state index in [1.54, 1.807) is 10.7 Å². The maximum atomic E-state index is 11.3. The zero-order chi connectivity index (χ0) is 17.9. The van der Waals surface area contributed by atoms with Crippen LogP contribution in [0, 0.1) is 13.8 Å². The van der Waals surface area contributed by atoms with Crippen molar-refractivity contribution >= 4 is 17.6 Å². The minimum Gasteiger partial charge on any atom is -0.494 e. The first-order valence-corrected chi connectivity index (χ1v) is 8.38. The Morgan fingerprint density at radius 3 is 2.46 bits per heavy atom. The first-order chi connectivity index (χ1) is 11.3. The monoisotopic (exact) mass is 350 g/mol. The summed E-state index contributed by atoms with van der Waals surface area (Å²) in [6.07, 6.45) is 0.667. The summed E-state index contributed by atoms with van der Waals surface area (Å²) in [4.78, 5) is 11.3. The van der Waals surface area contributed by atoms with Crippen molar-refractivity contribution in [3.05, 3.63) is 45.7 Å². The molecule has 1 N–H and O–H groups in total. The highest BCUT2D eigenvalue weighted by atomic mass is 35.5. The number of hydrogen-bond acceptors (Lipinski definition) is 3. The number of halogens is 1. The molecule has 6 heteroatoms. The lowest BCUT2D eigenvalue weighted by Gasteiger charge is -2.10. The van der Waals surface area contributed by atoms with Gasteiger partial charge in [0.05, 0.1) is 12.3 Å². The molecular formula is C18H23ClN2O3. The normalized spacial score (nSPS) is 11.1. The summed E-state index contributed by atoms with van der Waals surface area (Å²) in [5.74, 6) is 0.0103. The molecule has 0 saturated carbocycles. The number of benzene rings is 1. The van der Waals surface area contributed by atoms with Gasteiger partial charge in [0.25, 0.3) is 0 Å². The summed E-state index contributed by atoms with van der Waals surface area (Å²) in [6.45, 7) is 8.85. The molecule has 0 aliphatic carbocycles. The number of carboxylic acid groups (broad SMARTS) is 1. The molecule has 0 spiro atoms. The number of ether oxygens (including phenoxy) is 1. The maximum Gasteiger partial charge on any atom is 0.354 e. The molecule has 0 radical (unpaired) electrons. The minimum absolute atomic E-state index is 0.195. The molecule has 0 aliphatic rings. The molecule has 0 amide bonds. The summed E-state index contributed by atoms with van der Waals surface area (Å²) in [7, 11) is 0. The maximum absolute atomic E-state index is 11.3. The third kappa shape index (κ3) is 4.29. The zero-order valence-electron chi connectivity index (χ0n) is 14.5. The Labute approximate surface area is 147 Å².